The van der Waals surface area contributed by atoms with E-state index in [1.165, 1.54) is 22.2 Å². The second-order valence-electron chi connectivity index (χ2n) is 4.22. The minimum absolute atomic E-state index is 0.405. The molecule has 1 aromatic carbocycles. The SMILES string of the molecule is Cc1nc(SCC#N)c2cc(-c3ccccc3)sc2n1. The lowest BCUT2D eigenvalue weighted by Gasteiger charge is -1.99. The second-order valence-corrected chi connectivity index (χ2v) is 6.21. The van der Waals surface area contributed by atoms with Gasteiger partial charge in [-0.2, -0.15) is 5.26 Å². The van der Waals surface area contributed by atoms with Crippen LogP contribution < -0.4 is 0 Å². The van der Waals surface area contributed by atoms with Gasteiger partial charge >= 0.3 is 0 Å². The largest absolute Gasteiger partial charge is 0.226 e. The highest BCUT2D eigenvalue weighted by atomic mass is 32.2. The number of aryl methyl sites for hydroxylation is 1. The Labute approximate surface area is 125 Å². The highest BCUT2D eigenvalue weighted by Crippen LogP contribution is 2.36. The fraction of sp³-hybridized carbons (Fsp3) is 0.133. The fourth-order valence-corrected chi connectivity index (χ4v) is 3.81. The van der Waals surface area contributed by atoms with Crippen LogP contribution in [0.2, 0.25) is 0 Å². The van der Waals surface area contributed by atoms with Crippen LogP contribution in [0.3, 0.4) is 0 Å². The monoisotopic (exact) mass is 297 g/mol. The van der Waals surface area contributed by atoms with E-state index in [9.17, 15) is 0 Å². The molecule has 0 unspecified atom stereocenters. The molecule has 3 aromatic rings. The van der Waals surface area contributed by atoms with Crippen LogP contribution in [0, 0.1) is 18.3 Å². The van der Waals surface area contributed by atoms with E-state index in [-0.39, 0.29) is 0 Å². The Morgan fingerprint density at radius 2 is 2.05 bits per heavy atom. The molecule has 0 saturated carbocycles. The summed E-state index contributed by atoms with van der Waals surface area (Å²) >= 11 is 3.13. The molecule has 3 rings (SSSR count). The predicted octanol–water partition coefficient (Wildman–Crippen LogP) is 4.28. The maximum Gasteiger partial charge on any atom is 0.128 e. The summed E-state index contributed by atoms with van der Waals surface area (Å²) in [5, 5.41) is 10.7. The smallest absolute Gasteiger partial charge is 0.128 e. The van der Waals surface area contributed by atoms with Crippen molar-refractivity contribution in [2.24, 2.45) is 0 Å². The van der Waals surface area contributed by atoms with Crippen molar-refractivity contribution in [3.63, 3.8) is 0 Å². The van der Waals surface area contributed by atoms with Crippen molar-refractivity contribution in [3.8, 4) is 16.5 Å². The third-order valence-corrected chi connectivity index (χ3v) is 4.74. The molecule has 0 aliphatic heterocycles. The van der Waals surface area contributed by atoms with Crippen LogP contribution in [-0.4, -0.2) is 15.7 Å². The lowest BCUT2D eigenvalue weighted by atomic mass is 10.2. The first-order valence-electron chi connectivity index (χ1n) is 6.11. The number of rotatable bonds is 3. The number of fused-ring (bicyclic) bond motifs is 1. The van der Waals surface area contributed by atoms with Crippen LogP contribution in [0.4, 0.5) is 0 Å². The molecule has 98 valence electrons. The van der Waals surface area contributed by atoms with E-state index in [0.29, 0.717) is 5.75 Å². The number of thiophene rings is 1. The Morgan fingerprint density at radius 1 is 1.25 bits per heavy atom. The number of nitriles is 1. The number of benzene rings is 1. The van der Waals surface area contributed by atoms with Gasteiger partial charge in [-0.25, -0.2) is 9.97 Å². The van der Waals surface area contributed by atoms with Gasteiger partial charge in [-0.3, -0.25) is 0 Å². The maximum absolute atomic E-state index is 8.74. The van der Waals surface area contributed by atoms with Gasteiger partial charge in [0.1, 0.15) is 15.7 Å². The van der Waals surface area contributed by atoms with Gasteiger partial charge in [0.05, 0.1) is 11.8 Å². The van der Waals surface area contributed by atoms with Crippen molar-refractivity contribution in [2.75, 3.05) is 5.75 Å². The van der Waals surface area contributed by atoms with Crippen LogP contribution in [-0.2, 0) is 0 Å². The van der Waals surface area contributed by atoms with Crippen LogP contribution in [0.5, 0.6) is 0 Å². The van der Waals surface area contributed by atoms with Gasteiger partial charge in [-0.1, -0.05) is 42.1 Å². The zero-order chi connectivity index (χ0) is 13.9. The molecular weight excluding hydrogens is 286 g/mol. The Morgan fingerprint density at radius 3 is 2.80 bits per heavy atom. The third kappa shape index (κ3) is 2.53. The first-order valence-corrected chi connectivity index (χ1v) is 7.91. The van der Waals surface area contributed by atoms with Crippen molar-refractivity contribution in [2.45, 2.75) is 11.9 Å². The summed E-state index contributed by atoms with van der Waals surface area (Å²) in [5.74, 6) is 1.15. The van der Waals surface area contributed by atoms with E-state index in [4.69, 9.17) is 5.26 Å². The molecular formula is C15H11N3S2. The van der Waals surface area contributed by atoms with Gasteiger partial charge in [-0.15, -0.1) is 11.3 Å². The van der Waals surface area contributed by atoms with Gasteiger partial charge in [0.25, 0.3) is 0 Å². The minimum atomic E-state index is 0.405. The molecule has 0 bridgehead atoms. The summed E-state index contributed by atoms with van der Waals surface area (Å²) in [6, 6.07) is 14.5. The molecule has 0 atom stereocenters. The Kier molecular flexibility index (Phi) is 3.68. The molecule has 0 amide bonds. The topological polar surface area (TPSA) is 49.6 Å². The summed E-state index contributed by atoms with van der Waals surface area (Å²) < 4.78 is 0. The lowest BCUT2D eigenvalue weighted by Crippen LogP contribution is -1.90. The summed E-state index contributed by atoms with van der Waals surface area (Å²) in [6.45, 7) is 1.89. The van der Waals surface area contributed by atoms with Crippen molar-refractivity contribution in [1.82, 2.24) is 9.97 Å². The first kappa shape index (κ1) is 13.1. The van der Waals surface area contributed by atoms with Gasteiger partial charge in [-0.05, 0) is 18.6 Å². The quantitative estimate of drug-likeness (QED) is 0.535. The average Bonchev–Trinajstić information content (AvgIpc) is 2.89. The number of nitrogens with zero attached hydrogens (tertiary/aromatic N) is 3. The maximum atomic E-state index is 8.74. The van der Waals surface area contributed by atoms with E-state index in [1.807, 2.05) is 25.1 Å². The van der Waals surface area contributed by atoms with Gasteiger partial charge in [0, 0.05) is 10.3 Å². The molecule has 0 saturated heterocycles. The van der Waals surface area contributed by atoms with Gasteiger partial charge in [0.15, 0.2) is 0 Å². The van der Waals surface area contributed by atoms with E-state index < -0.39 is 0 Å². The molecule has 2 aromatic heterocycles. The molecule has 0 aliphatic carbocycles. The minimum Gasteiger partial charge on any atom is -0.226 e. The van der Waals surface area contributed by atoms with Gasteiger partial charge < -0.3 is 0 Å². The molecule has 0 fully saturated rings. The third-order valence-electron chi connectivity index (χ3n) is 2.80. The van der Waals surface area contributed by atoms with Crippen LogP contribution in [0.25, 0.3) is 20.7 Å². The predicted molar refractivity (Wildman–Crippen MR) is 83.9 cm³/mol. The van der Waals surface area contributed by atoms with E-state index in [1.54, 1.807) is 11.3 Å². The molecule has 20 heavy (non-hydrogen) atoms. The first-order chi connectivity index (χ1) is 9.78. The van der Waals surface area contributed by atoms with E-state index >= 15 is 0 Å². The number of thioether (sulfide) groups is 1. The molecule has 0 radical (unpaired) electrons. The van der Waals surface area contributed by atoms with Crippen molar-refractivity contribution in [3.05, 3.63) is 42.2 Å². The standard InChI is InChI=1S/C15H11N3S2/c1-10-17-14(19-8-7-16)12-9-13(20-15(12)18-10)11-5-3-2-4-6-11/h2-6,9H,8H2,1H3. The van der Waals surface area contributed by atoms with Crippen molar-refractivity contribution < 1.29 is 0 Å². The van der Waals surface area contributed by atoms with Crippen molar-refractivity contribution >= 4 is 33.3 Å². The summed E-state index contributed by atoms with van der Waals surface area (Å²) in [5.41, 5.74) is 1.18. The molecule has 0 spiro atoms. The Balaban J connectivity index is 2.13. The van der Waals surface area contributed by atoms with Crippen LogP contribution in [0.15, 0.2) is 41.4 Å². The zero-order valence-corrected chi connectivity index (χ0v) is 12.5. The number of hydrogen-bond acceptors (Lipinski definition) is 5. The molecule has 0 aliphatic rings. The molecule has 3 nitrogen and oxygen atoms in total. The molecule has 2 heterocycles. The highest BCUT2D eigenvalue weighted by molar-refractivity contribution is 7.99. The Hall–Kier alpha value is -1.90. The van der Waals surface area contributed by atoms with Gasteiger partial charge in [0.2, 0.25) is 0 Å². The van der Waals surface area contributed by atoms with Crippen LogP contribution >= 0.6 is 23.1 Å². The normalized spacial score (nSPS) is 10.6. The van der Waals surface area contributed by atoms with Crippen molar-refractivity contribution in [1.29, 1.82) is 5.26 Å². The zero-order valence-electron chi connectivity index (χ0n) is 10.8. The molecule has 5 heteroatoms. The fourth-order valence-electron chi connectivity index (χ4n) is 1.95. The second kappa shape index (κ2) is 5.61. The number of hydrogen-bond donors (Lipinski definition) is 0. The van der Waals surface area contributed by atoms with Crippen LogP contribution in [0.1, 0.15) is 5.82 Å². The molecule has 0 N–H and O–H groups in total. The lowest BCUT2D eigenvalue weighted by molar-refractivity contribution is 1.02. The number of aromatic nitrogens is 2. The summed E-state index contributed by atoms with van der Waals surface area (Å²) in [6.07, 6.45) is 0. The van der Waals surface area contributed by atoms with E-state index in [0.717, 1.165) is 21.1 Å². The highest BCUT2D eigenvalue weighted by Gasteiger charge is 2.11. The van der Waals surface area contributed by atoms with E-state index in [2.05, 4.69) is 34.2 Å². The summed E-state index contributed by atoms with van der Waals surface area (Å²) in [4.78, 5) is 11.1. The Bertz CT molecular complexity index is 788. The average molecular weight is 297 g/mol. The summed E-state index contributed by atoms with van der Waals surface area (Å²) in [7, 11) is 0.